The first-order valence-corrected chi connectivity index (χ1v) is 6.71. The molecule has 0 amide bonds. The number of carboxylic acid groups (broad SMARTS) is 1. The molecule has 2 rings (SSSR count). The van der Waals surface area contributed by atoms with Crippen molar-refractivity contribution in [1.82, 2.24) is 0 Å². The van der Waals surface area contributed by atoms with Crippen molar-refractivity contribution < 1.29 is 9.90 Å². The third-order valence-corrected chi connectivity index (χ3v) is 3.40. The molecular weight excluding hydrogens is 250 g/mol. The second-order valence-corrected chi connectivity index (χ2v) is 4.89. The first-order valence-electron chi connectivity index (χ1n) is 6.71. The minimum Gasteiger partial charge on any atom is -0.478 e. The number of hydrogen-bond acceptors (Lipinski definition) is 2. The largest absolute Gasteiger partial charge is 0.478 e. The maximum Gasteiger partial charge on any atom is 0.335 e. The summed E-state index contributed by atoms with van der Waals surface area (Å²) < 4.78 is 0. The van der Waals surface area contributed by atoms with Gasteiger partial charge in [0.1, 0.15) is 0 Å². The van der Waals surface area contributed by atoms with E-state index < -0.39 is 5.97 Å². The summed E-state index contributed by atoms with van der Waals surface area (Å²) in [6.45, 7) is 6.92. The molecule has 0 bridgehead atoms. The summed E-state index contributed by atoms with van der Waals surface area (Å²) in [6.07, 6.45) is 0. The van der Waals surface area contributed by atoms with Crippen molar-refractivity contribution in [3.05, 3.63) is 59.2 Å². The van der Waals surface area contributed by atoms with E-state index in [1.807, 2.05) is 13.0 Å². The third-order valence-electron chi connectivity index (χ3n) is 3.40. The highest BCUT2D eigenvalue weighted by Gasteiger charge is 2.12. The van der Waals surface area contributed by atoms with Crippen molar-refractivity contribution in [2.24, 2.45) is 0 Å². The molecule has 0 heterocycles. The Morgan fingerprint density at radius 2 is 1.75 bits per heavy atom. The maximum atomic E-state index is 11.0. The molecule has 2 aromatic carbocycles. The Morgan fingerprint density at radius 1 is 1.10 bits per heavy atom. The zero-order valence-electron chi connectivity index (χ0n) is 12.1. The molecule has 0 saturated carbocycles. The van der Waals surface area contributed by atoms with Crippen LogP contribution in [-0.2, 0) is 0 Å². The van der Waals surface area contributed by atoms with E-state index in [0.29, 0.717) is 5.56 Å². The van der Waals surface area contributed by atoms with E-state index in [2.05, 4.69) is 43.0 Å². The average Bonchev–Trinajstić information content (AvgIpc) is 2.43. The van der Waals surface area contributed by atoms with Gasteiger partial charge in [0.25, 0.3) is 0 Å². The molecule has 1 N–H and O–H groups in total. The number of aromatic carboxylic acids is 1. The Morgan fingerprint density at radius 3 is 2.25 bits per heavy atom. The van der Waals surface area contributed by atoms with Gasteiger partial charge in [0, 0.05) is 17.9 Å². The lowest BCUT2D eigenvalue weighted by atomic mass is 10.1. The number of carboxylic acids is 1. The van der Waals surface area contributed by atoms with Crippen LogP contribution in [0.4, 0.5) is 11.4 Å². The number of nitrogens with zero attached hydrogens (tertiary/aromatic N) is 1. The molecule has 0 aromatic heterocycles. The maximum absolute atomic E-state index is 11.0. The van der Waals surface area contributed by atoms with Gasteiger partial charge in [-0.1, -0.05) is 17.7 Å². The summed E-state index contributed by atoms with van der Waals surface area (Å²) in [6, 6.07) is 13.6. The number of hydrogen-bond donors (Lipinski definition) is 1. The third kappa shape index (κ3) is 2.82. The molecule has 2 aromatic rings. The van der Waals surface area contributed by atoms with Crippen LogP contribution in [0, 0.1) is 13.8 Å². The molecule has 3 nitrogen and oxygen atoms in total. The molecule has 104 valence electrons. The van der Waals surface area contributed by atoms with E-state index in [9.17, 15) is 4.79 Å². The van der Waals surface area contributed by atoms with Crippen LogP contribution in [0.25, 0.3) is 0 Å². The van der Waals surface area contributed by atoms with Crippen LogP contribution in [-0.4, -0.2) is 17.6 Å². The standard InChI is InChI=1S/C17H19NO2/c1-4-18(15-8-5-12(2)6-9-15)16-10-7-14(17(19)20)11-13(16)3/h5-11H,4H2,1-3H3,(H,19,20). The minimum atomic E-state index is -0.891. The molecule has 0 aliphatic carbocycles. The topological polar surface area (TPSA) is 40.5 Å². The number of rotatable bonds is 4. The van der Waals surface area contributed by atoms with Crippen LogP contribution in [0.15, 0.2) is 42.5 Å². The van der Waals surface area contributed by atoms with Crippen molar-refractivity contribution in [2.75, 3.05) is 11.4 Å². The van der Waals surface area contributed by atoms with Crippen LogP contribution >= 0.6 is 0 Å². The van der Waals surface area contributed by atoms with Gasteiger partial charge in [0.15, 0.2) is 0 Å². The number of benzene rings is 2. The highest BCUT2D eigenvalue weighted by molar-refractivity contribution is 5.88. The van der Waals surface area contributed by atoms with E-state index in [0.717, 1.165) is 23.5 Å². The lowest BCUT2D eigenvalue weighted by molar-refractivity contribution is 0.0697. The van der Waals surface area contributed by atoms with E-state index in [4.69, 9.17) is 5.11 Å². The summed E-state index contributed by atoms with van der Waals surface area (Å²) in [5.74, 6) is -0.891. The van der Waals surface area contributed by atoms with Crippen molar-refractivity contribution in [3.63, 3.8) is 0 Å². The quantitative estimate of drug-likeness (QED) is 0.906. The Kier molecular flexibility index (Phi) is 4.08. The first kappa shape index (κ1) is 14.1. The molecule has 0 aliphatic heterocycles. The van der Waals surface area contributed by atoms with Crippen molar-refractivity contribution in [3.8, 4) is 0 Å². The van der Waals surface area contributed by atoms with E-state index in [-0.39, 0.29) is 0 Å². The average molecular weight is 269 g/mol. The second-order valence-electron chi connectivity index (χ2n) is 4.89. The fraction of sp³-hybridized carbons (Fsp3) is 0.235. The van der Waals surface area contributed by atoms with Gasteiger partial charge in [-0.05, 0) is 56.7 Å². The minimum absolute atomic E-state index is 0.325. The predicted octanol–water partition coefficient (Wildman–Crippen LogP) is 4.16. The van der Waals surface area contributed by atoms with Crippen LogP contribution in [0.5, 0.6) is 0 Å². The Bertz CT molecular complexity index is 617. The summed E-state index contributed by atoms with van der Waals surface area (Å²) in [5.41, 5.74) is 4.67. The highest BCUT2D eigenvalue weighted by atomic mass is 16.4. The van der Waals surface area contributed by atoms with Gasteiger partial charge in [0.2, 0.25) is 0 Å². The van der Waals surface area contributed by atoms with Crippen LogP contribution < -0.4 is 4.90 Å². The van der Waals surface area contributed by atoms with E-state index in [1.165, 1.54) is 5.56 Å². The Hall–Kier alpha value is -2.29. The zero-order valence-corrected chi connectivity index (χ0v) is 12.1. The van der Waals surface area contributed by atoms with Crippen molar-refractivity contribution in [2.45, 2.75) is 20.8 Å². The summed E-state index contributed by atoms with van der Waals surface area (Å²) in [7, 11) is 0. The lowest BCUT2D eigenvalue weighted by Gasteiger charge is -2.25. The smallest absolute Gasteiger partial charge is 0.335 e. The van der Waals surface area contributed by atoms with Crippen molar-refractivity contribution >= 4 is 17.3 Å². The van der Waals surface area contributed by atoms with E-state index >= 15 is 0 Å². The fourth-order valence-electron chi connectivity index (χ4n) is 2.31. The van der Waals surface area contributed by atoms with Gasteiger partial charge in [-0.3, -0.25) is 0 Å². The molecule has 0 fully saturated rings. The molecule has 3 heteroatoms. The monoisotopic (exact) mass is 269 g/mol. The summed E-state index contributed by atoms with van der Waals surface area (Å²) >= 11 is 0. The van der Waals surface area contributed by atoms with Gasteiger partial charge in [-0.15, -0.1) is 0 Å². The van der Waals surface area contributed by atoms with Gasteiger partial charge in [-0.2, -0.15) is 0 Å². The molecule has 0 radical (unpaired) electrons. The molecule has 0 aliphatic rings. The van der Waals surface area contributed by atoms with Crippen LogP contribution in [0.2, 0.25) is 0 Å². The first-order chi connectivity index (χ1) is 9.52. The second kappa shape index (κ2) is 5.78. The molecule has 0 spiro atoms. The van der Waals surface area contributed by atoms with E-state index in [1.54, 1.807) is 12.1 Å². The number of carbonyl (C=O) groups is 1. The van der Waals surface area contributed by atoms with Gasteiger partial charge < -0.3 is 10.0 Å². The zero-order chi connectivity index (χ0) is 14.7. The SMILES string of the molecule is CCN(c1ccc(C)cc1)c1ccc(C(=O)O)cc1C. The Balaban J connectivity index is 2.41. The van der Waals surface area contributed by atoms with Crippen molar-refractivity contribution in [1.29, 1.82) is 0 Å². The highest BCUT2D eigenvalue weighted by Crippen LogP contribution is 2.29. The molecule has 0 saturated heterocycles. The molecule has 0 atom stereocenters. The van der Waals surface area contributed by atoms with Crippen LogP contribution in [0.1, 0.15) is 28.4 Å². The predicted molar refractivity (Wildman–Crippen MR) is 82.0 cm³/mol. The van der Waals surface area contributed by atoms with Crippen LogP contribution in [0.3, 0.4) is 0 Å². The number of aryl methyl sites for hydroxylation is 2. The lowest BCUT2D eigenvalue weighted by Crippen LogP contribution is -2.17. The normalized spacial score (nSPS) is 10.3. The summed E-state index contributed by atoms with van der Waals surface area (Å²) in [5, 5.41) is 9.03. The summed E-state index contributed by atoms with van der Waals surface area (Å²) in [4.78, 5) is 13.2. The molecule has 20 heavy (non-hydrogen) atoms. The van der Waals surface area contributed by atoms with Gasteiger partial charge in [-0.25, -0.2) is 4.79 Å². The number of anilines is 2. The van der Waals surface area contributed by atoms with Gasteiger partial charge in [0.05, 0.1) is 5.56 Å². The Labute approximate surface area is 119 Å². The fourth-order valence-corrected chi connectivity index (χ4v) is 2.31. The molecule has 0 unspecified atom stereocenters. The van der Waals surface area contributed by atoms with Gasteiger partial charge >= 0.3 is 5.97 Å². The molecular formula is C17H19NO2.